The smallest absolute Gasteiger partial charge is 0.225 e. The Kier molecular flexibility index (Phi) is 4.27. The van der Waals surface area contributed by atoms with Gasteiger partial charge in [-0.3, -0.25) is 4.79 Å². The van der Waals surface area contributed by atoms with E-state index in [4.69, 9.17) is 4.42 Å². The molecule has 1 atom stereocenters. The number of hydrogen-bond acceptors (Lipinski definition) is 5. The second-order valence-electron chi connectivity index (χ2n) is 5.42. The van der Waals surface area contributed by atoms with Crippen molar-refractivity contribution < 1.29 is 9.21 Å². The van der Waals surface area contributed by atoms with Gasteiger partial charge in [0.1, 0.15) is 16.8 Å². The van der Waals surface area contributed by atoms with Crippen molar-refractivity contribution in [2.75, 3.05) is 11.9 Å². The Morgan fingerprint density at radius 1 is 1.64 bits per heavy atom. The molecule has 1 unspecified atom stereocenters. The molecule has 3 heterocycles. The highest BCUT2D eigenvalue weighted by Crippen LogP contribution is 2.35. The molecule has 5 nitrogen and oxygen atoms in total. The van der Waals surface area contributed by atoms with Gasteiger partial charge in [-0.15, -0.1) is 11.3 Å². The van der Waals surface area contributed by atoms with Crippen molar-refractivity contribution in [2.45, 2.75) is 32.2 Å². The molecule has 0 radical (unpaired) electrons. The average molecular weight is 315 g/mol. The van der Waals surface area contributed by atoms with Crippen molar-refractivity contribution >= 4 is 22.2 Å². The van der Waals surface area contributed by atoms with Gasteiger partial charge in [-0.2, -0.15) is 5.26 Å². The summed E-state index contributed by atoms with van der Waals surface area (Å²) in [6, 6.07) is 5.93. The summed E-state index contributed by atoms with van der Waals surface area (Å²) in [6.07, 6.45) is 2.78. The van der Waals surface area contributed by atoms with Crippen LogP contribution >= 0.6 is 11.3 Å². The number of furan rings is 1. The van der Waals surface area contributed by atoms with E-state index in [1.54, 1.807) is 6.26 Å². The van der Waals surface area contributed by atoms with Gasteiger partial charge in [0.15, 0.2) is 0 Å². The summed E-state index contributed by atoms with van der Waals surface area (Å²) in [7, 11) is 0. The largest absolute Gasteiger partial charge is 0.469 e. The van der Waals surface area contributed by atoms with E-state index in [1.807, 2.05) is 19.1 Å². The molecule has 0 fully saturated rings. The molecule has 2 aromatic heterocycles. The predicted octanol–water partition coefficient (Wildman–Crippen LogP) is 2.99. The molecule has 0 aliphatic carbocycles. The van der Waals surface area contributed by atoms with Crippen molar-refractivity contribution in [3.8, 4) is 6.07 Å². The fraction of sp³-hybridized carbons (Fsp3) is 0.375. The number of nitrogens with zero attached hydrogens (tertiary/aromatic N) is 1. The van der Waals surface area contributed by atoms with E-state index in [0.29, 0.717) is 17.0 Å². The van der Waals surface area contributed by atoms with Crippen LogP contribution in [0.25, 0.3) is 0 Å². The number of carbonyl (C=O) groups excluding carboxylic acids is 1. The topological polar surface area (TPSA) is 78.1 Å². The lowest BCUT2D eigenvalue weighted by molar-refractivity contribution is -0.116. The van der Waals surface area contributed by atoms with E-state index in [1.165, 1.54) is 11.3 Å². The lowest BCUT2D eigenvalue weighted by atomic mass is 10.0. The van der Waals surface area contributed by atoms with Crippen LogP contribution in [0.4, 0.5) is 5.00 Å². The predicted molar refractivity (Wildman–Crippen MR) is 84.8 cm³/mol. The zero-order valence-electron chi connectivity index (χ0n) is 12.3. The van der Waals surface area contributed by atoms with E-state index < -0.39 is 0 Å². The van der Waals surface area contributed by atoms with Crippen LogP contribution in [0.5, 0.6) is 0 Å². The minimum absolute atomic E-state index is 0.0109. The van der Waals surface area contributed by atoms with Crippen LogP contribution < -0.4 is 10.6 Å². The molecule has 6 heteroatoms. The van der Waals surface area contributed by atoms with Crippen molar-refractivity contribution in [2.24, 2.45) is 0 Å². The Balaban J connectivity index is 1.72. The molecule has 114 valence electrons. The number of rotatable bonds is 4. The minimum Gasteiger partial charge on any atom is -0.469 e. The highest BCUT2D eigenvalue weighted by atomic mass is 32.1. The SMILES string of the molecule is CC(CC(=O)Nc1sc2c(c1C#N)CCNC2)c1ccco1. The van der Waals surface area contributed by atoms with E-state index in [9.17, 15) is 10.1 Å². The molecule has 0 saturated heterocycles. The van der Waals surface area contributed by atoms with Crippen LogP contribution in [0, 0.1) is 11.3 Å². The Hall–Kier alpha value is -2.10. The maximum absolute atomic E-state index is 12.2. The zero-order chi connectivity index (χ0) is 15.5. The maximum Gasteiger partial charge on any atom is 0.225 e. The highest BCUT2D eigenvalue weighted by molar-refractivity contribution is 7.16. The molecule has 0 bridgehead atoms. The molecule has 0 aromatic carbocycles. The number of amides is 1. The van der Waals surface area contributed by atoms with Gasteiger partial charge in [0.05, 0.1) is 11.8 Å². The first-order valence-corrected chi connectivity index (χ1v) is 8.09. The number of hydrogen-bond donors (Lipinski definition) is 2. The van der Waals surface area contributed by atoms with Crippen molar-refractivity contribution in [3.05, 3.63) is 40.2 Å². The number of fused-ring (bicyclic) bond motifs is 1. The van der Waals surface area contributed by atoms with Gasteiger partial charge in [0.25, 0.3) is 0 Å². The second-order valence-corrected chi connectivity index (χ2v) is 6.52. The molecule has 2 N–H and O–H groups in total. The monoisotopic (exact) mass is 315 g/mol. The van der Waals surface area contributed by atoms with Crippen molar-refractivity contribution in [1.29, 1.82) is 5.26 Å². The Morgan fingerprint density at radius 3 is 3.23 bits per heavy atom. The standard InChI is InChI=1S/C16H17N3O2S/c1-10(13-3-2-6-21-13)7-15(20)19-16-12(8-17)11-4-5-18-9-14(11)22-16/h2-3,6,10,18H,4-5,7,9H2,1H3,(H,19,20). The minimum atomic E-state index is -0.0908. The third-order valence-corrected chi connectivity index (χ3v) is 4.96. The first-order valence-electron chi connectivity index (χ1n) is 7.27. The molecule has 3 rings (SSSR count). The molecule has 1 aliphatic rings. The first kappa shape index (κ1) is 14.8. The first-order chi connectivity index (χ1) is 10.7. The fourth-order valence-corrected chi connectivity index (χ4v) is 3.85. The Morgan fingerprint density at radius 2 is 2.50 bits per heavy atom. The zero-order valence-corrected chi connectivity index (χ0v) is 13.1. The molecule has 0 spiro atoms. The normalized spacial score (nSPS) is 14.9. The molecule has 0 saturated carbocycles. The summed E-state index contributed by atoms with van der Waals surface area (Å²) in [6.45, 7) is 3.60. The van der Waals surface area contributed by atoms with E-state index in [-0.39, 0.29) is 11.8 Å². The van der Waals surface area contributed by atoms with Crippen LogP contribution in [0.1, 0.15) is 41.0 Å². The van der Waals surface area contributed by atoms with Gasteiger partial charge in [-0.1, -0.05) is 6.92 Å². The lowest BCUT2D eigenvalue weighted by Gasteiger charge is -2.11. The van der Waals surface area contributed by atoms with Crippen molar-refractivity contribution in [3.63, 3.8) is 0 Å². The number of nitrogens with one attached hydrogen (secondary N) is 2. The van der Waals surface area contributed by atoms with Crippen LogP contribution in [0.2, 0.25) is 0 Å². The van der Waals surface area contributed by atoms with E-state index >= 15 is 0 Å². The summed E-state index contributed by atoms with van der Waals surface area (Å²) in [5, 5.41) is 16.2. The van der Waals surface area contributed by atoms with Gasteiger partial charge < -0.3 is 15.1 Å². The van der Waals surface area contributed by atoms with Crippen LogP contribution in [0.3, 0.4) is 0 Å². The summed E-state index contributed by atoms with van der Waals surface area (Å²) >= 11 is 1.50. The summed E-state index contributed by atoms with van der Waals surface area (Å²) in [5.41, 5.74) is 1.71. The number of thiophene rings is 1. The van der Waals surface area contributed by atoms with Gasteiger partial charge in [0.2, 0.25) is 5.91 Å². The number of anilines is 1. The lowest BCUT2D eigenvalue weighted by Crippen LogP contribution is -2.22. The third kappa shape index (κ3) is 2.91. The number of nitriles is 1. The number of carbonyl (C=O) groups is 1. The van der Waals surface area contributed by atoms with Crippen LogP contribution in [-0.2, 0) is 17.8 Å². The molecule has 1 amide bonds. The van der Waals surface area contributed by atoms with Gasteiger partial charge in [0, 0.05) is 23.8 Å². The summed E-state index contributed by atoms with van der Waals surface area (Å²) in [4.78, 5) is 13.4. The molecule has 1 aliphatic heterocycles. The highest BCUT2D eigenvalue weighted by Gasteiger charge is 2.22. The molecular formula is C16H17N3O2S. The molecule has 22 heavy (non-hydrogen) atoms. The second kappa shape index (κ2) is 6.34. The van der Waals surface area contributed by atoms with E-state index in [2.05, 4.69) is 16.7 Å². The third-order valence-electron chi connectivity index (χ3n) is 3.81. The Labute approximate surface area is 132 Å². The maximum atomic E-state index is 12.2. The summed E-state index contributed by atoms with van der Waals surface area (Å²) < 4.78 is 5.32. The summed E-state index contributed by atoms with van der Waals surface area (Å²) in [5.74, 6) is 0.717. The Bertz CT molecular complexity index is 713. The quantitative estimate of drug-likeness (QED) is 0.909. The van der Waals surface area contributed by atoms with E-state index in [0.717, 1.165) is 35.7 Å². The van der Waals surface area contributed by atoms with Crippen molar-refractivity contribution in [1.82, 2.24) is 5.32 Å². The fourth-order valence-electron chi connectivity index (χ4n) is 2.67. The molecule has 2 aromatic rings. The van der Waals surface area contributed by atoms with Crippen LogP contribution in [0.15, 0.2) is 22.8 Å². The van der Waals surface area contributed by atoms with Gasteiger partial charge in [-0.25, -0.2) is 0 Å². The average Bonchev–Trinajstić information content (AvgIpc) is 3.14. The van der Waals surface area contributed by atoms with Gasteiger partial charge >= 0.3 is 0 Å². The van der Waals surface area contributed by atoms with Gasteiger partial charge in [-0.05, 0) is 30.7 Å². The van der Waals surface area contributed by atoms with Crippen LogP contribution in [-0.4, -0.2) is 12.5 Å². The molecular weight excluding hydrogens is 298 g/mol.